The molecule has 1 heterocycles. The molecule has 0 radical (unpaired) electrons. The molecule has 0 aromatic heterocycles. The van der Waals surface area contributed by atoms with Gasteiger partial charge in [0.1, 0.15) is 20.4 Å². The van der Waals surface area contributed by atoms with Crippen LogP contribution >= 0.6 is 0 Å². The van der Waals surface area contributed by atoms with E-state index in [1.165, 1.54) is 0 Å². The summed E-state index contributed by atoms with van der Waals surface area (Å²) in [5, 5.41) is 12.7. The Balaban J connectivity index is 1.64. The van der Waals surface area contributed by atoms with Crippen LogP contribution < -0.4 is 0 Å². The number of hydrogen-bond acceptors (Lipinski definition) is 9. The Labute approximate surface area is 233 Å². The molecule has 39 heavy (non-hydrogen) atoms. The Morgan fingerprint density at radius 2 is 1.67 bits per heavy atom. The molecule has 1 spiro atoms. The largest absolute Gasteiger partial charge is 0.389 e. The van der Waals surface area contributed by atoms with Crippen LogP contribution in [-0.4, -0.2) is 88.7 Å². The maximum atomic E-state index is 12.7. The van der Waals surface area contributed by atoms with Crippen LogP contribution in [0.15, 0.2) is 0 Å². The number of fused-ring (bicyclic) bond motifs is 3. The molecule has 0 amide bonds. The van der Waals surface area contributed by atoms with E-state index in [0.29, 0.717) is 32.3 Å². The highest BCUT2D eigenvalue weighted by molar-refractivity contribution is 5.27. The Morgan fingerprint density at radius 1 is 0.949 bits per heavy atom. The summed E-state index contributed by atoms with van der Waals surface area (Å²) in [5.41, 5.74) is -2.65. The molecule has 1 N–H and O–H groups in total. The minimum absolute atomic E-state index is 0.0500. The molecule has 10 atom stereocenters. The summed E-state index contributed by atoms with van der Waals surface area (Å²) >= 11 is 0. The van der Waals surface area contributed by atoms with Crippen LogP contribution in [0, 0.1) is 40.9 Å². The fourth-order valence-corrected chi connectivity index (χ4v) is 9.56. The predicted octanol–water partition coefficient (Wildman–Crippen LogP) is 3.47. The van der Waals surface area contributed by atoms with Gasteiger partial charge in [-0.15, -0.1) is 12.3 Å². The van der Waals surface area contributed by atoms with Gasteiger partial charge in [0.2, 0.25) is 0 Å². The smallest absolute Gasteiger partial charge is 0.163 e. The maximum Gasteiger partial charge on any atom is 0.163 e. The van der Waals surface area contributed by atoms with Crippen molar-refractivity contribution in [3.63, 3.8) is 0 Å². The summed E-state index contributed by atoms with van der Waals surface area (Å²) in [5.74, 6) is 2.30. The van der Waals surface area contributed by atoms with E-state index < -0.39 is 22.4 Å². The van der Waals surface area contributed by atoms with E-state index >= 15 is 0 Å². The maximum absolute atomic E-state index is 12.7. The van der Waals surface area contributed by atoms with Gasteiger partial charge in [0.15, 0.2) is 5.79 Å². The Bertz CT molecular complexity index is 921. The van der Waals surface area contributed by atoms with Gasteiger partial charge in [-0.05, 0) is 51.9 Å². The van der Waals surface area contributed by atoms with Crippen molar-refractivity contribution in [3.8, 4) is 12.3 Å². The van der Waals surface area contributed by atoms with Gasteiger partial charge in [0.25, 0.3) is 0 Å². The van der Waals surface area contributed by atoms with Crippen LogP contribution in [0.3, 0.4) is 0 Å². The quantitative estimate of drug-likeness (QED) is 0.341. The SMILES string of the molecule is C#C[C@H]1CC[C@]2(OCOC)C3CC[C@]4(O)C[C@@H](OCOC)C[C@H]5OC(C)(C)OC[C@]54C3[C@@H](OCOC)C[C@]12C. The fraction of sp³-hybridized carbons (Fsp3) is 0.933. The lowest BCUT2D eigenvalue weighted by molar-refractivity contribution is -0.408. The van der Waals surface area contributed by atoms with Crippen LogP contribution in [0.5, 0.6) is 0 Å². The third kappa shape index (κ3) is 4.41. The average Bonchev–Trinajstić information content (AvgIpc) is 3.19. The lowest BCUT2D eigenvalue weighted by atomic mass is 9.40. The molecule has 222 valence electrons. The van der Waals surface area contributed by atoms with Gasteiger partial charge in [-0.1, -0.05) is 6.92 Å². The number of terminal acetylenes is 1. The third-order valence-corrected chi connectivity index (χ3v) is 11.1. The van der Waals surface area contributed by atoms with E-state index in [2.05, 4.69) is 12.8 Å². The lowest BCUT2D eigenvalue weighted by Crippen LogP contribution is -2.78. The van der Waals surface area contributed by atoms with Gasteiger partial charge >= 0.3 is 0 Å². The van der Waals surface area contributed by atoms with Crippen molar-refractivity contribution in [1.29, 1.82) is 0 Å². The molecule has 5 fully saturated rings. The molecule has 9 heteroatoms. The minimum Gasteiger partial charge on any atom is -0.389 e. The molecule has 4 aliphatic carbocycles. The van der Waals surface area contributed by atoms with Crippen LogP contribution in [0.4, 0.5) is 0 Å². The van der Waals surface area contributed by atoms with Crippen LogP contribution in [-0.2, 0) is 37.9 Å². The summed E-state index contributed by atoms with van der Waals surface area (Å²) < 4.78 is 48.7. The molecule has 4 saturated carbocycles. The zero-order valence-corrected chi connectivity index (χ0v) is 24.5. The van der Waals surface area contributed by atoms with E-state index in [1.54, 1.807) is 21.3 Å². The highest BCUT2D eigenvalue weighted by Crippen LogP contribution is 2.72. The van der Waals surface area contributed by atoms with Crippen molar-refractivity contribution in [2.45, 2.75) is 101 Å². The topological polar surface area (TPSA) is 94.1 Å². The van der Waals surface area contributed by atoms with Crippen LogP contribution in [0.1, 0.15) is 65.7 Å². The number of hydrogen-bond donors (Lipinski definition) is 1. The van der Waals surface area contributed by atoms with Crippen molar-refractivity contribution >= 4 is 0 Å². The molecule has 5 rings (SSSR count). The van der Waals surface area contributed by atoms with E-state index in [-0.39, 0.29) is 61.9 Å². The first-order valence-electron chi connectivity index (χ1n) is 14.4. The molecule has 1 aliphatic heterocycles. The first kappa shape index (κ1) is 29.7. The molecule has 9 nitrogen and oxygen atoms in total. The molecule has 2 unspecified atom stereocenters. The Hall–Kier alpha value is -0.800. The molecule has 0 aromatic rings. The molecule has 0 aromatic carbocycles. The molecular weight excluding hydrogens is 504 g/mol. The first-order valence-corrected chi connectivity index (χ1v) is 14.4. The summed E-state index contributed by atoms with van der Waals surface area (Å²) in [6.45, 7) is 7.02. The zero-order chi connectivity index (χ0) is 28.1. The standard InChI is InChI=1S/C30H48O9/c1-8-20-9-12-30(38-19-34-7)22-10-11-28(31)14-21(35-17-32-5)13-24-29(28,16-37-26(2,3)39-24)25(22)23(36-18-33-6)15-27(20,30)4/h1,20-25,31H,9-19H2,2-7H3/t20-,21-,22?,23-,24+,25?,27+,28-,29+,30-/m0/s1. The highest BCUT2D eigenvalue weighted by atomic mass is 16.7. The summed E-state index contributed by atoms with van der Waals surface area (Å²) in [7, 11) is 4.91. The number of rotatable bonds is 9. The average molecular weight is 553 g/mol. The van der Waals surface area contributed by atoms with Crippen LogP contribution in [0.25, 0.3) is 0 Å². The molecular formula is C30H48O9. The van der Waals surface area contributed by atoms with Crippen molar-refractivity contribution < 1.29 is 43.0 Å². The van der Waals surface area contributed by atoms with Crippen molar-refractivity contribution in [1.82, 2.24) is 0 Å². The molecule has 5 aliphatic rings. The van der Waals surface area contributed by atoms with Gasteiger partial charge < -0.3 is 43.0 Å². The molecule has 1 saturated heterocycles. The van der Waals surface area contributed by atoms with E-state index in [0.717, 1.165) is 19.3 Å². The predicted molar refractivity (Wildman–Crippen MR) is 141 cm³/mol. The summed E-state index contributed by atoms with van der Waals surface area (Å²) in [6, 6.07) is 0. The minimum atomic E-state index is -1.08. The number of ether oxygens (including phenoxy) is 8. The van der Waals surface area contributed by atoms with E-state index in [1.807, 2.05) is 13.8 Å². The van der Waals surface area contributed by atoms with E-state index in [9.17, 15) is 5.11 Å². The van der Waals surface area contributed by atoms with Crippen LogP contribution in [0.2, 0.25) is 0 Å². The van der Waals surface area contributed by atoms with E-state index in [4.69, 9.17) is 44.3 Å². The zero-order valence-electron chi connectivity index (χ0n) is 24.5. The monoisotopic (exact) mass is 552 g/mol. The second-order valence-corrected chi connectivity index (χ2v) is 13.1. The van der Waals surface area contributed by atoms with Gasteiger partial charge in [0, 0.05) is 51.4 Å². The van der Waals surface area contributed by atoms with Gasteiger partial charge in [-0.3, -0.25) is 0 Å². The third-order valence-electron chi connectivity index (χ3n) is 11.1. The fourth-order valence-electron chi connectivity index (χ4n) is 9.56. The highest BCUT2D eigenvalue weighted by Gasteiger charge is 2.77. The lowest BCUT2D eigenvalue weighted by Gasteiger charge is -2.71. The first-order chi connectivity index (χ1) is 18.6. The summed E-state index contributed by atoms with van der Waals surface area (Å²) in [4.78, 5) is 0. The Morgan fingerprint density at radius 3 is 2.36 bits per heavy atom. The number of aliphatic hydroxyl groups is 1. The van der Waals surface area contributed by atoms with Crippen molar-refractivity contribution in [2.75, 3.05) is 48.3 Å². The van der Waals surface area contributed by atoms with Crippen molar-refractivity contribution in [2.24, 2.45) is 28.6 Å². The van der Waals surface area contributed by atoms with Gasteiger partial charge in [-0.25, -0.2) is 0 Å². The van der Waals surface area contributed by atoms with Gasteiger partial charge in [0.05, 0.1) is 41.5 Å². The summed E-state index contributed by atoms with van der Waals surface area (Å²) in [6.07, 6.45) is 10.3. The number of methoxy groups -OCH3 is 3. The van der Waals surface area contributed by atoms with Gasteiger partial charge in [-0.2, -0.15) is 0 Å². The second kappa shape index (κ2) is 10.8. The van der Waals surface area contributed by atoms with Crippen molar-refractivity contribution in [3.05, 3.63) is 0 Å². The normalized spacial score (nSPS) is 48.4. The molecule has 0 bridgehead atoms. The second-order valence-electron chi connectivity index (χ2n) is 13.1. The Kier molecular flexibility index (Phi) is 8.22.